The zero-order valence-electron chi connectivity index (χ0n) is 9.02. The number of rotatable bonds is 1. The average molecular weight is 233 g/mol. The van der Waals surface area contributed by atoms with Crippen molar-refractivity contribution in [3.8, 4) is 11.3 Å². The van der Waals surface area contributed by atoms with Crippen molar-refractivity contribution in [3.05, 3.63) is 23.3 Å². The van der Waals surface area contributed by atoms with Crippen LogP contribution in [0.3, 0.4) is 0 Å². The maximum Gasteiger partial charge on any atom is 0.201 e. The first kappa shape index (κ1) is 9.47. The molecule has 0 radical (unpaired) electrons. The van der Waals surface area contributed by atoms with E-state index in [4.69, 9.17) is 10.3 Å². The maximum absolute atomic E-state index is 5.91. The van der Waals surface area contributed by atoms with E-state index in [-0.39, 0.29) is 0 Å². The van der Waals surface area contributed by atoms with E-state index >= 15 is 0 Å². The van der Waals surface area contributed by atoms with E-state index in [1.165, 1.54) is 0 Å². The van der Waals surface area contributed by atoms with Gasteiger partial charge in [0.2, 0.25) is 5.58 Å². The number of nitrogen functional groups attached to an aromatic ring is 1. The molecule has 0 fully saturated rings. The van der Waals surface area contributed by atoms with Gasteiger partial charge in [-0.2, -0.15) is 0 Å². The van der Waals surface area contributed by atoms with Crippen LogP contribution in [-0.4, -0.2) is 9.72 Å². The number of fused-ring (bicyclic) bond motifs is 1. The van der Waals surface area contributed by atoms with Gasteiger partial charge < -0.3 is 14.8 Å². The van der Waals surface area contributed by atoms with Crippen LogP contribution < -0.4 is 5.73 Å². The van der Waals surface area contributed by atoms with Gasteiger partial charge in [-0.25, -0.2) is 0 Å². The largest absolute Gasteiger partial charge is 0.395 e. The standard InChI is InChI=1S/C11H11N3OS/c1-6-8(12)10-11(16-6)9(13-15-10)7-3-4-14(2)5-7/h3-5H,12H2,1-2H3. The third-order valence-corrected chi connectivity index (χ3v) is 3.74. The predicted molar refractivity (Wildman–Crippen MR) is 65.4 cm³/mol. The Morgan fingerprint density at radius 1 is 1.50 bits per heavy atom. The van der Waals surface area contributed by atoms with Crippen LogP contribution >= 0.6 is 11.3 Å². The molecular formula is C11H11N3OS. The minimum absolute atomic E-state index is 0.703. The fraction of sp³-hybridized carbons (Fsp3) is 0.182. The Hall–Kier alpha value is -1.75. The lowest BCUT2D eigenvalue weighted by Gasteiger charge is -1.88. The van der Waals surface area contributed by atoms with Gasteiger partial charge in [-0.3, -0.25) is 0 Å². The molecule has 0 spiro atoms. The number of thiophene rings is 1. The first-order valence-electron chi connectivity index (χ1n) is 4.93. The van der Waals surface area contributed by atoms with Crippen molar-refractivity contribution in [2.24, 2.45) is 7.05 Å². The lowest BCUT2D eigenvalue weighted by atomic mass is 10.2. The van der Waals surface area contributed by atoms with E-state index in [0.717, 1.165) is 20.8 Å². The number of aromatic nitrogens is 2. The summed E-state index contributed by atoms with van der Waals surface area (Å²) < 4.78 is 8.31. The Kier molecular flexibility index (Phi) is 1.85. The molecule has 3 rings (SSSR count). The molecule has 0 aromatic carbocycles. The van der Waals surface area contributed by atoms with Crippen molar-refractivity contribution in [2.45, 2.75) is 6.92 Å². The van der Waals surface area contributed by atoms with E-state index in [0.29, 0.717) is 11.3 Å². The molecule has 4 nitrogen and oxygen atoms in total. The van der Waals surface area contributed by atoms with Gasteiger partial charge in [0.25, 0.3) is 0 Å². The molecule has 0 bridgehead atoms. The first-order valence-corrected chi connectivity index (χ1v) is 5.75. The van der Waals surface area contributed by atoms with E-state index in [1.807, 2.05) is 37.0 Å². The Bertz CT molecular complexity index is 662. The van der Waals surface area contributed by atoms with E-state index < -0.39 is 0 Å². The van der Waals surface area contributed by atoms with Crippen molar-refractivity contribution in [2.75, 3.05) is 5.73 Å². The average Bonchev–Trinajstić information content (AvgIpc) is 2.88. The number of nitrogens with two attached hydrogens (primary N) is 1. The molecule has 5 heteroatoms. The fourth-order valence-electron chi connectivity index (χ4n) is 1.74. The highest BCUT2D eigenvalue weighted by Gasteiger charge is 2.17. The summed E-state index contributed by atoms with van der Waals surface area (Å²) in [6.07, 6.45) is 4.00. The van der Waals surface area contributed by atoms with Gasteiger partial charge in [-0.1, -0.05) is 5.16 Å². The molecule has 3 heterocycles. The van der Waals surface area contributed by atoms with Crippen LogP contribution in [0.5, 0.6) is 0 Å². The van der Waals surface area contributed by atoms with E-state index in [1.54, 1.807) is 11.3 Å². The minimum atomic E-state index is 0.703. The molecule has 2 N–H and O–H groups in total. The van der Waals surface area contributed by atoms with Gasteiger partial charge in [0, 0.05) is 29.9 Å². The number of aryl methyl sites for hydroxylation is 2. The number of nitrogens with zero attached hydrogens (tertiary/aromatic N) is 2. The highest BCUT2D eigenvalue weighted by atomic mass is 32.1. The third-order valence-electron chi connectivity index (χ3n) is 2.63. The maximum atomic E-state index is 5.91. The van der Waals surface area contributed by atoms with Gasteiger partial charge >= 0.3 is 0 Å². The molecule has 3 aromatic rings. The number of anilines is 1. The second-order valence-electron chi connectivity index (χ2n) is 3.83. The molecule has 0 aliphatic rings. The Balaban J connectivity index is 2.28. The summed E-state index contributed by atoms with van der Waals surface area (Å²) in [4.78, 5) is 1.08. The van der Waals surface area contributed by atoms with Crippen LogP contribution in [0.25, 0.3) is 21.5 Å². The van der Waals surface area contributed by atoms with Crippen LogP contribution in [0.1, 0.15) is 4.88 Å². The van der Waals surface area contributed by atoms with Crippen molar-refractivity contribution in [1.29, 1.82) is 0 Å². The summed E-state index contributed by atoms with van der Waals surface area (Å²) in [5, 5.41) is 4.08. The zero-order valence-corrected chi connectivity index (χ0v) is 9.84. The monoisotopic (exact) mass is 233 g/mol. The molecule has 3 aromatic heterocycles. The lowest BCUT2D eigenvalue weighted by molar-refractivity contribution is 0.460. The molecule has 0 atom stereocenters. The molecule has 0 saturated heterocycles. The highest BCUT2D eigenvalue weighted by Crippen LogP contribution is 2.39. The molecule has 0 aliphatic carbocycles. The van der Waals surface area contributed by atoms with Crippen molar-refractivity contribution in [1.82, 2.24) is 9.72 Å². The van der Waals surface area contributed by atoms with Crippen molar-refractivity contribution in [3.63, 3.8) is 0 Å². The van der Waals surface area contributed by atoms with E-state index in [2.05, 4.69) is 5.16 Å². The van der Waals surface area contributed by atoms with E-state index in [9.17, 15) is 0 Å². The summed E-state index contributed by atoms with van der Waals surface area (Å²) in [6.45, 7) is 1.99. The summed E-state index contributed by atoms with van der Waals surface area (Å²) in [7, 11) is 1.98. The van der Waals surface area contributed by atoms with Crippen LogP contribution in [-0.2, 0) is 7.05 Å². The fourth-order valence-corrected chi connectivity index (χ4v) is 2.74. The topological polar surface area (TPSA) is 57.0 Å². The molecular weight excluding hydrogens is 222 g/mol. The second kappa shape index (κ2) is 3.12. The molecule has 0 amide bonds. The smallest absolute Gasteiger partial charge is 0.201 e. The van der Waals surface area contributed by atoms with Gasteiger partial charge in [-0.05, 0) is 13.0 Å². The first-order chi connectivity index (χ1) is 7.66. The van der Waals surface area contributed by atoms with Crippen LogP contribution in [0.15, 0.2) is 23.0 Å². The summed E-state index contributed by atoms with van der Waals surface area (Å²) >= 11 is 1.63. The molecule has 0 saturated carbocycles. The predicted octanol–water partition coefficient (Wildman–Crippen LogP) is 2.79. The van der Waals surface area contributed by atoms with Gasteiger partial charge in [0.15, 0.2) is 0 Å². The summed E-state index contributed by atoms with van der Waals surface area (Å²) in [6, 6.07) is 2.02. The van der Waals surface area contributed by atoms with Gasteiger partial charge in [0.1, 0.15) is 10.4 Å². The van der Waals surface area contributed by atoms with Crippen molar-refractivity contribution < 1.29 is 4.52 Å². The Morgan fingerprint density at radius 3 is 3.00 bits per heavy atom. The highest BCUT2D eigenvalue weighted by molar-refractivity contribution is 7.20. The zero-order chi connectivity index (χ0) is 11.3. The van der Waals surface area contributed by atoms with Gasteiger partial charge in [-0.15, -0.1) is 11.3 Å². The SMILES string of the molecule is Cc1sc2c(-c3ccn(C)c3)noc2c1N. The van der Waals surface area contributed by atoms with Crippen LogP contribution in [0.4, 0.5) is 5.69 Å². The molecule has 0 aliphatic heterocycles. The minimum Gasteiger partial charge on any atom is -0.395 e. The van der Waals surface area contributed by atoms with Crippen LogP contribution in [0.2, 0.25) is 0 Å². The van der Waals surface area contributed by atoms with Gasteiger partial charge in [0.05, 0.1) is 5.69 Å². The Morgan fingerprint density at radius 2 is 2.31 bits per heavy atom. The Labute approximate surface area is 96.3 Å². The second-order valence-corrected chi connectivity index (χ2v) is 5.05. The quantitative estimate of drug-likeness (QED) is 0.703. The molecule has 16 heavy (non-hydrogen) atoms. The lowest BCUT2D eigenvalue weighted by Crippen LogP contribution is -1.81. The summed E-state index contributed by atoms with van der Waals surface area (Å²) in [5.41, 5.74) is 9.25. The normalized spacial score (nSPS) is 11.4. The molecule has 82 valence electrons. The number of hydrogen-bond donors (Lipinski definition) is 1. The van der Waals surface area contributed by atoms with Crippen molar-refractivity contribution >= 4 is 27.3 Å². The third kappa shape index (κ3) is 1.18. The van der Waals surface area contributed by atoms with Crippen LogP contribution in [0, 0.1) is 6.92 Å². The summed E-state index contributed by atoms with van der Waals surface area (Å²) in [5.74, 6) is 0. The molecule has 0 unspecified atom stereocenters. The number of hydrogen-bond acceptors (Lipinski definition) is 4.